The van der Waals surface area contributed by atoms with Gasteiger partial charge in [-0.05, 0) is 50.8 Å². The summed E-state index contributed by atoms with van der Waals surface area (Å²) >= 11 is 0. The Morgan fingerprint density at radius 3 is 2.65 bits per heavy atom. The average molecular weight is 356 g/mol. The van der Waals surface area contributed by atoms with Crippen LogP contribution in [0.25, 0.3) is 5.69 Å². The van der Waals surface area contributed by atoms with Crippen molar-refractivity contribution < 1.29 is 4.79 Å². The number of aromatic nitrogens is 2. The van der Waals surface area contributed by atoms with E-state index in [1.54, 1.807) is 15.8 Å². The summed E-state index contributed by atoms with van der Waals surface area (Å²) in [5.41, 5.74) is 8.16. The molecule has 1 aromatic heterocycles. The maximum Gasteiger partial charge on any atom is 0.321 e. The van der Waals surface area contributed by atoms with Crippen LogP contribution in [-0.4, -0.2) is 46.4 Å². The van der Waals surface area contributed by atoms with E-state index in [2.05, 4.69) is 35.1 Å². The van der Waals surface area contributed by atoms with E-state index in [4.69, 9.17) is 0 Å². The van der Waals surface area contributed by atoms with Crippen LogP contribution in [0.15, 0.2) is 42.7 Å². The van der Waals surface area contributed by atoms with E-state index in [1.165, 1.54) is 0 Å². The number of carbonyl (C=O) groups excluding carboxylic acids is 1. The molecule has 0 radical (unpaired) electrons. The largest absolute Gasteiger partial charge is 0.328 e. The summed E-state index contributed by atoms with van der Waals surface area (Å²) in [6.45, 7) is 5.12. The van der Waals surface area contributed by atoms with Gasteiger partial charge in [-0.15, -0.1) is 0 Å². The molecule has 1 fully saturated rings. The van der Waals surface area contributed by atoms with Crippen LogP contribution < -0.4 is 16.2 Å². The zero-order valence-electron chi connectivity index (χ0n) is 15.6. The SMILES string of the molecule is CC1NNC(C)C1CCCN(C)C(=O)Nc1ccccc1-n1cccn1. The lowest BCUT2D eigenvalue weighted by Crippen LogP contribution is -2.33. The number of anilines is 1. The molecule has 0 saturated carbocycles. The van der Waals surface area contributed by atoms with Gasteiger partial charge >= 0.3 is 6.03 Å². The highest BCUT2D eigenvalue weighted by Gasteiger charge is 2.29. The summed E-state index contributed by atoms with van der Waals surface area (Å²) in [6.07, 6.45) is 5.65. The lowest BCUT2D eigenvalue weighted by Gasteiger charge is -2.22. The standard InChI is InChI=1S/C19H28N6O/c1-14-16(15(2)23-22-14)8-6-12-24(3)19(26)21-17-9-4-5-10-18(17)25-13-7-11-20-25/h4-5,7,9-11,13-16,22-23H,6,8,12H2,1-3H3,(H,21,26). The van der Waals surface area contributed by atoms with Crippen molar-refractivity contribution in [2.24, 2.45) is 5.92 Å². The first-order valence-corrected chi connectivity index (χ1v) is 9.18. The monoisotopic (exact) mass is 356 g/mol. The number of rotatable bonds is 6. The minimum Gasteiger partial charge on any atom is -0.328 e. The number of carbonyl (C=O) groups is 1. The summed E-state index contributed by atoms with van der Waals surface area (Å²) < 4.78 is 1.75. The zero-order valence-corrected chi connectivity index (χ0v) is 15.6. The summed E-state index contributed by atoms with van der Waals surface area (Å²) in [4.78, 5) is 14.3. The topological polar surface area (TPSA) is 74.2 Å². The predicted octanol–water partition coefficient (Wildman–Crippen LogP) is 2.62. The van der Waals surface area contributed by atoms with Crippen molar-refractivity contribution >= 4 is 11.7 Å². The number of hydrogen-bond acceptors (Lipinski definition) is 4. The predicted molar refractivity (Wildman–Crippen MR) is 103 cm³/mol. The smallest absolute Gasteiger partial charge is 0.321 e. The van der Waals surface area contributed by atoms with Crippen molar-refractivity contribution in [1.29, 1.82) is 0 Å². The highest BCUT2D eigenvalue weighted by Crippen LogP contribution is 2.21. The maximum absolute atomic E-state index is 12.6. The van der Waals surface area contributed by atoms with Gasteiger partial charge in [-0.1, -0.05) is 12.1 Å². The number of hydrogen-bond donors (Lipinski definition) is 3. The van der Waals surface area contributed by atoms with Gasteiger partial charge in [-0.3, -0.25) is 10.9 Å². The Morgan fingerprint density at radius 1 is 1.23 bits per heavy atom. The van der Waals surface area contributed by atoms with Crippen LogP contribution in [0.5, 0.6) is 0 Å². The fourth-order valence-corrected chi connectivity index (χ4v) is 3.48. The van der Waals surface area contributed by atoms with Crippen molar-refractivity contribution in [1.82, 2.24) is 25.5 Å². The van der Waals surface area contributed by atoms with Crippen molar-refractivity contribution in [3.63, 3.8) is 0 Å². The molecule has 2 unspecified atom stereocenters. The third kappa shape index (κ3) is 4.23. The van der Waals surface area contributed by atoms with Crippen LogP contribution in [0.3, 0.4) is 0 Å². The zero-order chi connectivity index (χ0) is 18.5. The summed E-state index contributed by atoms with van der Waals surface area (Å²) in [5, 5.41) is 7.24. The summed E-state index contributed by atoms with van der Waals surface area (Å²) in [5.74, 6) is 0.590. The van der Waals surface area contributed by atoms with Crippen LogP contribution in [0, 0.1) is 5.92 Å². The van der Waals surface area contributed by atoms with Gasteiger partial charge in [-0.2, -0.15) is 5.10 Å². The van der Waals surface area contributed by atoms with Crippen molar-refractivity contribution in [3.05, 3.63) is 42.7 Å². The second-order valence-electron chi connectivity index (χ2n) is 6.99. The van der Waals surface area contributed by atoms with Gasteiger partial charge < -0.3 is 10.2 Å². The number of benzene rings is 1. The van der Waals surface area contributed by atoms with E-state index >= 15 is 0 Å². The molecule has 7 nitrogen and oxygen atoms in total. The molecule has 1 aromatic carbocycles. The van der Waals surface area contributed by atoms with Crippen LogP contribution >= 0.6 is 0 Å². The van der Waals surface area contributed by atoms with Gasteiger partial charge in [0.25, 0.3) is 0 Å². The Labute approximate surface area is 154 Å². The number of para-hydroxylation sites is 2. The molecular weight excluding hydrogens is 328 g/mol. The molecule has 0 spiro atoms. The molecule has 1 aliphatic rings. The second-order valence-corrected chi connectivity index (χ2v) is 6.99. The fraction of sp³-hybridized carbons (Fsp3) is 0.474. The average Bonchev–Trinajstić information content (AvgIpc) is 3.27. The van der Waals surface area contributed by atoms with Crippen molar-refractivity contribution in [2.45, 2.75) is 38.8 Å². The molecule has 140 valence electrons. The Morgan fingerprint density at radius 2 is 1.96 bits per heavy atom. The Balaban J connectivity index is 1.53. The minimum absolute atomic E-state index is 0.103. The van der Waals surface area contributed by atoms with E-state index in [0.29, 0.717) is 18.0 Å². The third-order valence-electron chi connectivity index (χ3n) is 5.10. The van der Waals surface area contributed by atoms with Gasteiger partial charge in [0.1, 0.15) is 0 Å². The fourth-order valence-electron chi connectivity index (χ4n) is 3.48. The van der Waals surface area contributed by atoms with E-state index in [9.17, 15) is 4.79 Å². The number of urea groups is 1. The third-order valence-corrected chi connectivity index (χ3v) is 5.10. The Hall–Kier alpha value is -2.38. The molecule has 2 aromatic rings. The van der Waals surface area contributed by atoms with Crippen LogP contribution in [0.2, 0.25) is 0 Å². The molecule has 3 N–H and O–H groups in total. The first-order valence-electron chi connectivity index (χ1n) is 9.18. The molecule has 0 aliphatic carbocycles. The van der Waals surface area contributed by atoms with Gasteiger partial charge in [-0.25, -0.2) is 9.48 Å². The molecule has 2 heterocycles. The van der Waals surface area contributed by atoms with Gasteiger partial charge in [0.05, 0.1) is 11.4 Å². The first-order chi connectivity index (χ1) is 12.6. The molecule has 7 heteroatoms. The normalized spacial score (nSPS) is 22.3. The van der Waals surface area contributed by atoms with E-state index in [1.807, 2.05) is 43.6 Å². The van der Waals surface area contributed by atoms with Crippen LogP contribution in [0.1, 0.15) is 26.7 Å². The molecule has 3 rings (SSSR count). The van der Waals surface area contributed by atoms with Gasteiger partial charge in [0.15, 0.2) is 0 Å². The molecule has 2 atom stereocenters. The second kappa shape index (κ2) is 8.33. The van der Waals surface area contributed by atoms with E-state index in [-0.39, 0.29) is 6.03 Å². The summed E-state index contributed by atoms with van der Waals surface area (Å²) in [7, 11) is 1.84. The molecular formula is C19H28N6O. The summed E-state index contributed by atoms with van der Waals surface area (Å²) in [6, 6.07) is 10.4. The highest BCUT2D eigenvalue weighted by atomic mass is 16.2. The molecule has 2 amide bonds. The first kappa shape index (κ1) is 18.4. The molecule has 26 heavy (non-hydrogen) atoms. The lowest BCUT2D eigenvalue weighted by molar-refractivity contribution is 0.220. The number of amides is 2. The van der Waals surface area contributed by atoms with E-state index < -0.39 is 0 Å². The maximum atomic E-state index is 12.6. The Kier molecular flexibility index (Phi) is 5.90. The number of nitrogens with one attached hydrogen (secondary N) is 3. The number of nitrogens with zero attached hydrogens (tertiary/aromatic N) is 3. The van der Waals surface area contributed by atoms with E-state index in [0.717, 1.165) is 30.8 Å². The highest BCUT2D eigenvalue weighted by molar-refractivity contribution is 5.91. The molecule has 1 saturated heterocycles. The van der Waals surface area contributed by atoms with Crippen molar-refractivity contribution in [2.75, 3.05) is 18.9 Å². The number of hydrazine groups is 1. The van der Waals surface area contributed by atoms with Crippen LogP contribution in [-0.2, 0) is 0 Å². The van der Waals surface area contributed by atoms with Gasteiger partial charge in [0, 0.05) is 38.1 Å². The minimum atomic E-state index is -0.103. The molecule has 0 bridgehead atoms. The molecule has 1 aliphatic heterocycles. The van der Waals surface area contributed by atoms with Crippen molar-refractivity contribution in [3.8, 4) is 5.69 Å². The van der Waals surface area contributed by atoms with Crippen LogP contribution in [0.4, 0.5) is 10.5 Å². The Bertz CT molecular complexity index is 707. The lowest BCUT2D eigenvalue weighted by atomic mass is 9.92. The van der Waals surface area contributed by atoms with Gasteiger partial charge in [0.2, 0.25) is 0 Å². The quantitative estimate of drug-likeness (QED) is 0.744.